The Morgan fingerprint density at radius 3 is 2.76 bits per heavy atom. The molecule has 0 spiro atoms. The third-order valence-electron chi connectivity index (χ3n) is 3.47. The van der Waals surface area contributed by atoms with E-state index in [2.05, 4.69) is 11.4 Å². The fourth-order valence-electron chi connectivity index (χ4n) is 2.32. The van der Waals surface area contributed by atoms with Crippen LogP contribution in [0.5, 0.6) is 0 Å². The number of amides is 1. The van der Waals surface area contributed by atoms with Crippen molar-refractivity contribution in [1.29, 1.82) is 0 Å². The highest BCUT2D eigenvalue weighted by atomic mass is 32.1. The molecule has 0 saturated heterocycles. The molecule has 1 amide bonds. The first-order chi connectivity index (χ1) is 8.16. The smallest absolute Gasteiger partial charge is 0.223 e. The van der Waals surface area contributed by atoms with E-state index in [0.29, 0.717) is 6.04 Å². The van der Waals surface area contributed by atoms with E-state index in [0.717, 1.165) is 25.7 Å². The fraction of sp³-hybridized carbons (Fsp3) is 0.615. The average molecular weight is 252 g/mol. The summed E-state index contributed by atoms with van der Waals surface area (Å²) >= 11 is 1.69. The number of carbonyl (C=O) groups is 1. The quantitative estimate of drug-likeness (QED) is 0.868. The van der Waals surface area contributed by atoms with Gasteiger partial charge in [0.1, 0.15) is 0 Å². The van der Waals surface area contributed by atoms with Crippen LogP contribution in [0.1, 0.15) is 43.5 Å². The zero-order valence-electron chi connectivity index (χ0n) is 10.2. The molecule has 17 heavy (non-hydrogen) atoms. The maximum atomic E-state index is 12.1. The number of rotatable bonds is 3. The summed E-state index contributed by atoms with van der Waals surface area (Å²) in [5.74, 6) is 0.356. The highest BCUT2D eigenvalue weighted by molar-refractivity contribution is 7.10. The highest BCUT2D eigenvalue weighted by Crippen LogP contribution is 2.25. The Morgan fingerprint density at radius 2 is 2.18 bits per heavy atom. The van der Waals surface area contributed by atoms with Gasteiger partial charge in [-0.1, -0.05) is 6.07 Å². The highest BCUT2D eigenvalue weighted by Gasteiger charge is 2.25. The summed E-state index contributed by atoms with van der Waals surface area (Å²) in [7, 11) is 0. The Labute approximate surface area is 106 Å². The summed E-state index contributed by atoms with van der Waals surface area (Å²) < 4.78 is 0. The van der Waals surface area contributed by atoms with E-state index >= 15 is 0 Å². The van der Waals surface area contributed by atoms with Crippen molar-refractivity contribution in [3.8, 4) is 0 Å². The molecule has 1 saturated carbocycles. The Kier molecular flexibility index (Phi) is 4.18. The lowest BCUT2D eigenvalue weighted by molar-refractivity contribution is -0.126. The van der Waals surface area contributed by atoms with E-state index in [4.69, 9.17) is 5.73 Å². The molecule has 94 valence electrons. The van der Waals surface area contributed by atoms with Crippen LogP contribution in [0.2, 0.25) is 0 Å². The molecule has 1 atom stereocenters. The van der Waals surface area contributed by atoms with Gasteiger partial charge in [-0.15, -0.1) is 11.3 Å². The first-order valence-corrected chi connectivity index (χ1v) is 7.14. The molecule has 1 aliphatic carbocycles. The van der Waals surface area contributed by atoms with Gasteiger partial charge in [-0.3, -0.25) is 4.79 Å². The third kappa shape index (κ3) is 3.30. The van der Waals surface area contributed by atoms with Crippen LogP contribution in [0.4, 0.5) is 0 Å². The molecule has 3 nitrogen and oxygen atoms in total. The number of hydrogen-bond acceptors (Lipinski definition) is 3. The van der Waals surface area contributed by atoms with E-state index < -0.39 is 0 Å². The Morgan fingerprint density at radius 1 is 1.47 bits per heavy atom. The zero-order valence-corrected chi connectivity index (χ0v) is 11.0. The van der Waals surface area contributed by atoms with Crippen LogP contribution in [0.3, 0.4) is 0 Å². The minimum Gasteiger partial charge on any atom is -0.349 e. The summed E-state index contributed by atoms with van der Waals surface area (Å²) in [6.07, 6.45) is 3.82. The van der Waals surface area contributed by atoms with Crippen molar-refractivity contribution in [2.24, 2.45) is 11.7 Å². The largest absolute Gasteiger partial charge is 0.349 e. The molecular weight excluding hydrogens is 232 g/mol. The normalized spacial score (nSPS) is 26.5. The number of carbonyl (C=O) groups excluding carboxylic acids is 1. The predicted molar refractivity (Wildman–Crippen MR) is 70.8 cm³/mol. The average Bonchev–Trinajstić information content (AvgIpc) is 2.83. The number of nitrogens with one attached hydrogen (secondary N) is 1. The van der Waals surface area contributed by atoms with Gasteiger partial charge in [-0.2, -0.15) is 0 Å². The summed E-state index contributed by atoms with van der Waals surface area (Å²) in [6.45, 7) is 2.04. The van der Waals surface area contributed by atoms with Gasteiger partial charge in [0.05, 0.1) is 6.04 Å². The lowest BCUT2D eigenvalue weighted by atomic mass is 9.86. The fourth-order valence-corrected chi connectivity index (χ4v) is 3.06. The van der Waals surface area contributed by atoms with Gasteiger partial charge in [0, 0.05) is 16.8 Å². The summed E-state index contributed by atoms with van der Waals surface area (Å²) in [4.78, 5) is 13.3. The van der Waals surface area contributed by atoms with Crippen LogP contribution in [0.25, 0.3) is 0 Å². The maximum Gasteiger partial charge on any atom is 0.223 e. The van der Waals surface area contributed by atoms with Gasteiger partial charge in [-0.25, -0.2) is 0 Å². The molecule has 0 aliphatic heterocycles. The second-order valence-electron chi connectivity index (χ2n) is 4.86. The van der Waals surface area contributed by atoms with Crippen LogP contribution < -0.4 is 11.1 Å². The van der Waals surface area contributed by atoms with Crippen molar-refractivity contribution in [3.05, 3.63) is 22.4 Å². The Bertz CT molecular complexity index is 356. The summed E-state index contributed by atoms with van der Waals surface area (Å²) in [6, 6.07) is 4.50. The summed E-state index contributed by atoms with van der Waals surface area (Å²) in [5.41, 5.74) is 5.85. The second-order valence-corrected chi connectivity index (χ2v) is 5.84. The van der Waals surface area contributed by atoms with Crippen molar-refractivity contribution in [1.82, 2.24) is 5.32 Å². The van der Waals surface area contributed by atoms with Gasteiger partial charge in [0.2, 0.25) is 5.91 Å². The standard InChI is InChI=1S/C13H20N2OS/c1-9(12-3-2-8-17-12)15-13(16)10-4-6-11(14)7-5-10/h2-3,8-11H,4-7,14H2,1H3,(H,15,16)/t9-,10?,11?/m0/s1. The van der Waals surface area contributed by atoms with Crippen molar-refractivity contribution in [2.45, 2.75) is 44.7 Å². The van der Waals surface area contributed by atoms with Crippen molar-refractivity contribution >= 4 is 17.2 Å². The van der Waals surface area contributed by atoms with E-state index in [-0.39, 0.29) is 17.9 Å². The van der Waals surface area contributed by atoms with E-state index in [1.54, 1.807) is 11.3 Å². The molecular formula is C13H20N2OS. The van der Waals surface area contributed by atoms with Gasteiger partial charge in [-0.05, 0) is 44.1 Å². The minimum absolute atomic E-state index is 0.123. The molecule has 1 fully saturated rings. The molecule has 0 unspecified atom stereocenters. The monoisotopic (exact) mass is 252 g/mol. The van der Waals surface area contributed by atoms with E-state index in [1.165, 1.54) is 4.88 Å². The van der Waals surface area contributed by atoms with E-state index in [9.17, 15) is 4.79 Å². The van der Waals surface area contributed by atoms with Gasteiger partial charge >= 0.3 is 0 Å². The molecule has 2 rings (SSSR count). The number of nitrogens with two attached hydrogens (primary N) is 1. The number of thiophene rings is 1. The molecule has 0 radical (unpaired) electrons. The zero-order chi connectivity index (χ0) is 12.3. The topological polar surface area (TPSA) is 55.1 Å². The van der Waals surface area contributed by atoms with Crippen LogP contribution in [-0.2, 0) is 4.79 Å². The maximum absolute atomic E-state index is 12.1. The SMILES string of the molecule is C[C@H](NC(=O)C1CCC(N)CC1)c1cccs1. The molecule has 1 aromatic heterocycles. The van der Waals surface area contributed by atoms with Gasteiger partial charge in [0.15, 0.2) is 0 Å². The van der Waals surface area contributed by atoms with Crippen LogP contribution in [0.15, 0.2) is 17.5 Å². The molecule has 1 heterocycles. The van der Waals surface area contributed by atoms with Crippen LogP contribution >= 0.6 is 11.3 Å². The molecule has 1 aromatic rings. The molecule has 0 bridgehead atoms. The molecule has 1 aliphatic rings. The van der Waals surface area contributed by atoms with Gasteiger partial charge in [0.25, 0.3) is 0 Å². The van der Waals surface area contributed by atoms with Crippen molar-refractivity contribution in [3.63, 3.8) is 0 Å². The van der Waals surface area contributed by atoms with E-state index in [1.807, 2.05) is 18.4 Å². The minimum atomic E-state index is 0.123. The first kappa shape index (κ1) is 12.6. The van der Waals surface area contributed by atoms with Crippen molar-refractivity contribution < 1.29 is 4.79 Å². The third-order valence-corrected chi connectivity index (χ3v) is 4.53. The first-order valence-electron chi connectivity index (χ1n) is 6.26. The van der Waals surface area contributed by atoms with Crippen molar-refractivity contribution in [2.75, 3.05) is 0 Å². The van der Waals surface area contributed by atoms with Gasteiger partial charge < -0.3 is 11.1 Å². The lowest BCUT2D eigenvalue weighted by Gasteiger charge is -2.26. The Balaban J connectivity index is 1.85. The molecule has 0 aromatic carbocycles. The number of hydrogen-bond donors (Lipinski definition) is 2. The van der Waals surface area contributed by atoms with Crippen LogP contribution in [0, 0.1) is 5.92 Å². The summed E-state index contributed by atoms with van der Waals surface area (Å²) in [5, 5.41) is 5.14. The molecule has 3 N–H and O–H groups in total. The molecule has 4 heteroatoms. The Hall–Kier alpha value is -0.870. The second kappa shape index (κ2) is 5.65. The van der Waals surface area contributed by atoms with Crippen LogP contribution in [-0.4, -0.2) is 11.9 Å². The lowest BCUT2D eigenvalue weighted by Crippen LogP contribution is -2.37. The predicted octanol–water partition coefficient (Wildman–Crippen LogP) is 2.44.